The molecule has 1 saturated carbocycles. The molecule has 1 aliphatic carbocycles. The summed E-state index contributed by atoms with van der Waals surface area (Å²) in [6, 6.07) is 2.16. The largest absolute Gasteiger partial charge is 0.432 e. The number of carbonyl (C=O) groups is 1. The van der Waals surface area contributed by atoms with Crippen LogP contribution in [0.15, 0.2) is 12.1 Å². The summed E-state index contributed by atoms with van der Waals surface area (Å²) < 4.78 is 41.9. The van der Waals surface area contributed by atoms with Gasteiger partial charge in [0.1, 0.15) is 0 Å². The lowest BCUT2D eigenvalue weighted by atomic mass is 10.2. The third-order valence-electron chi connectivity index (χ3n) is 3.03. The van der Waals surface area contributed by atoms with Gasteiger partial charge in [-0.25, -0.2) is 4.39 Å². The van der Waals surface area contributed by atoms with E-state index in [0.717, 1.165) is 25.0 Å². The SMILES string of the molecule is CN(CC(=O)NC1CC1)c1cc(OC(F)F)c(F)cc1N. The highest BCUT2D eigenvalue weighted by Gasteiger charge is 2.24. The molecule has 0 aliphatic heterocycles. The number of nitrogens with zero attached hydrogens (tertiary/aromatic N) is 1. The summed E-state index contributed by atoms with van der Waals surface area (Å²) in [6.07, 6.45) is 1.92. The Labute approximate surface area is 119 Å². The van der Waals surface area contributed by atoms with E-state index >= 15 is 0 Å². The summed E-state index contributed by atoms with van der Waals surface area (Å²) in [5.74, 6) is -1.80. The van der Waals surface area contributed by atoms with Gasteiger partial charge >= 0.3 is 6.61 Å². The first kappa shape index (κ1) is 15.3. The number of halogens is 3. The Morgan fingerprint density at radius 1 is 1.52 bits per heavy atom. The summed E-state index contributed by atoms with van der Waals surface area (Å²) in [5.41, 5.74) is 5.94. The lowest BCUT2D eigenvalue weighted by molar-refractivity contribution is -0.119. The van der Waals surface area contributed by atoms with Crippen molar-refractivity contribution >= 4 is 17.3 Å². The van der Waals surface area contributed by atoms with E-state index in [4.69, 9.17) is 5.73 Å². The molecule has 1 fully saturated rings. The number of nitrogens with two attached hydrogens (primary N) is 1. The Balaban J connectivity index is 2.10. The lowest BCUT2D eigenvalue weighted by Crippen LogP contribution is -2.36. The monoisotopic (exact) mass is 303 g/mol. The van der Waals surface area contributed by atoms with E-state index in [0.29, 0.717) is 0 Å². The van der Waals surface area contributed by atoms with E-state index in [1.807, 2.05) is 0 Å². The van der Waals surface area contributed by atoms with Crippen molar-refractivity contribution in [3.05, 3.63) is 17.9 Å². The van der Waals surface area contributed by atoms with Crippen molar-refractivity contribution in [3.8, 4) is 5.75 Å². The Bertz CT molecular complexity index is 536. The first-order chi connectivity index (χ1) is 9.86. The number of alkyl halides is 2. The number of anilines is 2. The molecule has 0 bridgehead atoms. The van der Waals surface area contributed by atoms with Crippen LogP contribution in [-0.2, 0) is 4.79 Å². The van der Waals surface area contributed by atoms with E-state index in [9.17, 15) is 18.0 Å². The molecule has 0 atom stereocenters. The van der Waals surface area contributed by atoms with Gasteiger partial charge in [-0.1, -0.05) is 0 Å². The molecule has 1 aromatic carbocycles. The fourth-order valence-electron chi connectivity index (χ4n) is 1.88. The maximum absolute atomic E-state index is 13.5. The minimum absolute atomic E-state index is 0.0134. The highest BCUT2D eigenvalue weighted by molar-refractivity contribution is 5.83. The molecule has 0 aromatic heterocycles. The Hall–Kier alpha value is -2.12. The highest BCUT2D eigenvalue weighted by Crippen LogP contribution is 2.31. The molecular formula is C13H16F3N3O2. The van der Waals surface area contributed by atoms with Crippen LogP contribution >= 0.6 is 0 Å². The van der Waals surface area contributed by atoms with E-state index in [1.54, 1.807) is 7.05 Å². The van der Waals surface area contributed by atoms with Crippen LogP contribution in [0.1, 0.15) is 12.8 Å². The molecule has 21 heavy (non-hydrogen) atoms. The van der Waals surface area contributed by atoms with Crippen LogP contribution in [0.3, 0.4) is 0 Å². The van der Waals surface area contributed by atoms with Crippen LogP contribution in [0.2, 0.25) is 0 Å². The molecule has 0 unspecified atom stereocenters. The normalized spacial score (nSPS) is 14.1. The number of likely N-dealkylation sites (N-methyl/N-ethyl adjacent to an activating group) is 1. The maximum atomic E-state index is 13.5. The maximum Gasteiger partial charge on any atom is 0.387 e. The van der Waals surface area contributed by atoms with Crippen molar-refractivity contribution in [1.29, 1.82) is 0 Å². The summed E-state index contributed by atoms with van der Waals surface area (Å²) in [4.78, 5) is 13.1. The predicted octanol–water partition coefficient (Wildman–Crippen LogP) is 1.72. The van der Waals surface area contributed by atoms with Crippen molar-refractivity contribution < 1.29 is 22.7 Å². The van der Waals surface area contributed by atoms with Crippen molar-refractivity contribution in [2.75, 3.05) is 24.2 Å². The van der Waals surface area contributed by atoms with Crippen molar-refractivity contribution in [2.45, 2.75) is 25.5 Å². The van der Waals surface area contributed by atoms with Crippen LogP contribution in [0.5, 0.6) is 5.75 Å². The third-order valence-corrected chi connectivity index (χ3v) is 3.03. The number of hydrogen-bond acceptors (Lipinski definition) is 4. The molecular weight excluding hydrogens is 287 g/mol. The minimum atomic E-state index is -3.14. The molecule has 5 nitrogen and oxygen atoms in total. The van der Waals surface area contributed by atoms with Crippen LogP contribution in [0.4, 0.5) is 24.5 Å². The average Bonchev–Trinajstić information content (AvgIpc) is 3.15. The Morgan fingerprint density at radius 2 is 2.19 bits per heavy atom. The zero-order valence-corrected chi connectivity index (χ0v) is 11.4. The van der Waals surface area contributed by atoms with Crippen molar-refractivity contribution in [1.82, 2.24) is 5.32 Å². The number of ether oxygens (including phenoxy) is 1. The van der Waals surface area contributed by atoms with Crippen molar-refractivity contribution in [2.24, 2.45) is 0 Å². The van der Waals surface area contributed by atoms with Crippen molar-refractivity contribution in [3.63, 3.8) is 0 Å². The summed E-state index contributed by atoms with van der Waals surface area (Å²) >= 11 is 0. The molecule has 116 valence electrons. The van der Waals surface area contributed by atoms with Gasteiger partial charge in [-0.05, 0) is 12.8 Å². The molecule has 0 saturated heterocycles. The quantitative estimate of drug-likeness (QED) is 0.785. The lowest BCUT2D eigenvalue weighted by Gasteiger charge is -2.21. The van der Waals surface area contributed by atoms with Crippen LogP contribution in [-0.4, -0.2) is 32.2 Å². The van der Waals surface area contributed by atoms with E-state index in [-0.39, 0.29) is 29.9 Å². The van der Waals surface area contributed by atoms with E-state index < -0.39 is 18.2 Å². The van der Waals surface area contributed by atoms with Gasteiger partial charge in [0.25, 0.3) is 0 Å². The molecule has 0 radical (unpaired) electrons. The number of nitrogen functional groups attached to an aromatic ring is 1. The van der Waals surface area contributed by atoms with Gasteiger partial charge in [-0.15, -0.1) is 0 Å². The number of rotatable bonds is 6. The number of hydrogen-bond donors (Lipinski definition) is 2. The average molecular weight is 303 g/mol. The van der Waals surface area contributed by atoms with Crippen LogP contribution in [0, 0.1) is 5.82 Å². The predicted molar refractivity (Wildman–Crippen MR) is 71.9 cm³/mol. The standard InChI is InChI=1S/C13H16F3N3O2/c1-19(6-12(20)18-7-2-3-7)10-5-11(21-13(15)16)8(14)4-9(10)17/h4-5,7,13H,2-3,6,17H2,1H3,(H,18,20). The number of nitrogens with one attached hydrogen (secondary N) is 1. The highest BCUT2D eigenvalue weighted by atomic mass is 19.3. The second-order valence-electron chi connectivity index (χ2n) is 4.92. The summed E-state index contributed by atoms with van der Waals surface area (Å²) in [7, 11) is 1.56. The molecule has 1 aliphatic rings. The third kappa shape index (κ3) is 4.17. The van der Waals surface area contributed by atoms with Gasteiger partial charge in [0.05, 0.1) is 17.9 Å². The zero-order valence-electron chi connectivity index (χ0n) is 11.4. The summed E-state index contributed by atoms with van der Waals surface area (Å²) in [6.45, 7) is -3.15. The number of benzene rings is 1. The zero-order chi connectivity index (χ0) is 15.6. The smallest absolute Gasteiger partial charge is 0.387 e. The Kier molecular flexibility index (Phi) is 4.44. The minimum Gasteiger partial charge on any atom is -0.432 e. The second-order valence-corrected chi connectivity index (χ2v) is 4.92. The molecule has 1 aromatic rings. The number of amides is 1. The van der Waals surface area contributed by atoms with Gasteiger partial charge in [0.2, 0.25) is 5.91 Å². The summed E-state index contributed by atoms with van der Waals surface area (Å²) in [5, 5.41) is 2.79. The molecule has 0 heterocycles. The van der Waals surface area contributed by atoms with Crippen LogP contribution in [0.25, 0.3) is 0 Å². The fourth-order valence-corrected chi connectivity index (χ4v) is 1.88. The molecule has 3 N–H and O–H groups in total. The van der Waals surface area contributed by atoms with Crippen LogP contribution < -0.4 is 20.7 Å². The molecule has 8 heteroatoms. The van der Waals surface area contributed by atoms with Gasteiger partial charge in [0, 0.05) is 25.2 Å². The second kappa shape index (κ2) is 6.11. The first-order valence-electron chi connectivity index (χ1n) is 6.41. The fraction of sp³-hybridized carbons (Fsp3) is 0.462. The topological polar surface area (TPSA) is 67.6 Å². The van der Waals surface area contributed by atoms with E-state index in [2.05, 4.69) is 10.1 Å². The van der Waals surface area contributed by atoms with Gasteiger partial charge in [-0.2, -0.15) is 8.78 Å². The molecule has 1 amide bonds. The van der Waals surface area contributed by atoms with Gasteiger partial charge in [-0.3, -0.25) is 4.79 Å². The molecule has 2 rings (SSSR count). The molecule has 0 spiro atoms. The number of carbonyl (C=O) groups excluding carboxylic acids is 1. The Morgan fingerprint density at radius 3 is 2.76 bits per heavy atom. The van der Waals surface area contributed by atoms with Gasteiger partial charge < -0.3 is 20.7 Å². The van der Waals surface area contributed by atoms with E-state index in [1.165, 1.54) is 4.90 Å². The van der Waals surface area contributed by atoms with Gasteiger partial charge in [0.15, 0.2) is 11.6 Å². The first-order valence-corrected chi connectivity index (χ1v) is 6.41.